The van der Waals surface area contributed by atoms with E-state index in [0.29, 0.717) is 0 Å². The lowest BCUT2D eigenvalue weighted by Crippen LogP contribution is -3.61. The maximum Gasteiger partial charge on any atom is 0.485 e. The maximum absolute atomic E-state index is 12.6. The third-order valence-corrected chi connectivity index (χ3v) is 5.36. The van der Waals surface area contributed by atoms with Crippen molar-refractivity contribution in [3.63, 3.8) is 0 Å². The molecule has 0 saturated carbocycles. The standard InChI is InChI=1S/C12H8F2I.CHF3O3S/c13-9-1-5-11(6-2-9)15-12-7-3-10(14)4-8-12;2-1(3,4)8(5,6)7/h1-8H;(H,5,6,7)/q+1;/p-1. The van der Waals surface area contributed by atoms with Gasteiger partial charge < -0.3 is 4.55 Å². The van der Waals surface area contributed by atoms with Crippen molar-refractivity contribution in [1.82, 2.24) is 0 Å². The summed E-state index contributed by atoms with van der Waals surface area (Å²) in [7, 11) is -6.09. The van der Waals surface area contributed by atoms with Gasteiger partial charge in [-0.2, -0.15) is 13.2 Å². The first-order valence-corrected chi connectivity index (χ1v) is 9.24. The zero-order valence-corrected chi connectivity index (χ0v) is 14.0. The van der Waals surface area contributed by atoms with Crippen molar-refractivity contribution in [2.45, 2.75) is 5.51 Å². The first-order chi connectivity index (χ1) is 10.5. The highest BCUT2D eigenvalue weighted by molar-refractivity contribution is 7.86. The van der Waals surface area contributed by atoms with Crippen LogP contribution in [0.25, 0.3) is 0 Å². The maximum atomic E-state index is 12.6. The van der Waals surface area contributed by atoms with Gasteiger partial charge in [0.05, 0.1) is 0 Å². The molecule has 0 saturated heterocycles. The van der Waals surface area contributed by atoms with Crippen molar-refractivity contribution in [3.05, 3.63) is 67.3 Å². The summed E-state index contributed by atoms with van der Waals surface area (Å²) < 4.78 is 86.4. The van der Waals surface area contributed by atoms with Crippen LogP contribution < -0.4 is 21.2 Å². The van der Waals surface area contributed by atoms with E-state index in [9.17, 15) is 22.0 Å². The third-order valence-electron chi connectivity index (χ3n) is 2.11. The van der Waals surface area contributed by atoms with Gasteiger partial charge >= 0.3 is 26.7 Å². The normalized spacial score (nSPS) is 11.6. The predicted molar refractivity (Wildman–Crippen MR) is 65.9 cm³/mol. The Morgan fingerprint density at radius 1 is 0.783 bits per heavy atom. The molecule has 0 aliphatic heterocycles. The molecule has 2 rings (SSSR count). The van der Waals surface area contributed by atoms with Crippen LogP contribution >= 0.6 is 0 Å². The summed E-state index contributed by atoms with van der Waals surface area (Å²) >= 11 is -0.330. The summed E-state index contributed by atoms with van der Waals surface area (Å²) in [6.45, 7) is 0. The molecule has 0 N–H and O–H groups in total. The second kappa shape index (κ2) is 8.02. The first-order valence-electron chi connectivity index (χ1n) is 5.67. The molecule has 3 nitrogen and oxygen atoms in total. The molecule has 0 radical (unpaired) electrons. The number of hydrogen-bond acceptors (Lipinski definition) is 3. The van der Waals surface area contributed by atoms with E-state index in [2.05, 4.69) is 0 Å². The van der Waals surface area contributed by atoms with Gasteiger partial charge in [-0.05, 0) is 48.5 Å². The van der Waals surface area contributed by atoms with Crippen LogP contribution in [0.3, 0.4) is 0 Å². The third kappa shape index (κ3) is 7.22. The minimum absolute atomic E-state index is 0.220. The van der Waals surface area contributed by atoms with Gasteiger partial charge in [0, 0.05) is 0 Å². The van der Waals surface area contributed by atoms with E-state index in [0.717, 1.165) is 7.14 Å². The molecule has 0 aliphatic carbocycles. The van der Waals surface area contributed by atoms with Crippen molar-refractivity contribution in [2.24, 2.45) is 0 Å². The Labute approximate surface area is 139 Å². The molecule has 126 valence electrons. The van der Waals surface area contributed by atoms with Crippen LogP contribution in [0, 0.1) is 18.8 Å². The van der Waals surface area contributed by atoms with Crippen LogP contribution in [0.1, 0.15) is 0 Å². The van der Waals surface area contributed by atoms with E-state index >= 15 is 0 Å². The van der Waals surface area contributed by atoms with Crippen molar-refractivity contribution < 1.29 is 56.1 Å². The molecule has 0 amide bonds. The number of hydrogen-bond donors (Lipinski definition) is 0. The lowest BCUT2D eigenvalue weighted by molar-refractivity contribution is -0.597. The largest absolute Gasteiger partial charge is 0.741 e. The van der Waals surface area contributed by atoms with Gasteiger partial charge in [-0.15, -0.1) is 0 Å². The number of alkyl halides is 3. The molecule has 0 heterocycles. The minimum Gasteiger partial charge on any atom is -0.741 e. The first kappa shape index (κ1) is 19.8. The lowest BCUT2D eigenvalue weighted by atomic mass is 10.4. The predicted octanol–water partition coefficient (Wildman–Crippen LogP) is 0.145. The molecular weight excluding hydrogens is 458 g/mol. The molecule has 0 bridgehead atoms. The van der Waals surface area contributed by atoms with Crippen LogP contribution in [0.4, 0.5) is 22.0 Å². The SMILES string of the molecule is Fc1ccc([I+]c2ccc(F)cc2)cc1.O=S(=O)([O-])C(F)(F)F. The van der Waals surface area contributed by atoms with Crippen molar-refractivity contribution >= 4 is 10.1 Å². The molecule has 0 aliphatic rings. The van der Waals surface area contributed by atoms with E-state index in [4.69, 9.17) is 13.0 Å². The fraction of sp³-hybridized carbons (Fsp3) is 0.0769. The summed E-state index contributed by atoms with van der Waals surface area (Å²) in [5.41, 5.74) is -5.65. The molecule has 2 aromatic rings. The average Bonchev–Trinajstić information content (AvgIpc) is 2.42. The molecule has 0 unspecified atom stereocenters. The lowest BCUT2D eigenvalue weighted by Gasteiger charge is -2.08. The molecule has 2 aromatic carbocycles. The van der Waals surface area contributed by atoms with Gasteiger partial charge in [-0.1, -0.05) is 0 Å². The number of benzene rings is 2. The monoisotopic (exact) mass is 466 g/mol. The topological polar surface area (TPSA) is 57.2 Å². The van der Waals surface area contributed by atoms with Crippen LogP contribution in [-0.2, 0) is 10.1 Å². The van der Waals surface area contributed by atoms with Gasteiger partial charge in [0.1, 0.15) is 11.6 Å². The van der Waals surface area contributed by atoms with E-state index in [1.54, 1.807) is 24.3 Å². The summed E-state index contributed by atoms with van der Waals surface area (Å²) in [5, 5.41) is 0. The van der Waals surface area contributed by atoms with Crippen LogP contribution in [0.5, 0.6) is 0 Å². The van der Waals surface area contributed by atoms with E-state index < -0.39 is 15.6 Å². The quantitative estimate of drug-likeness (QED) is 0.274. The second-order valence-corrected chi connectivity index (χ2v) is 8.27. The Morgan fingerprint density at radius 3 is 1.26 bits per heavy atom. The van der Waals surface area contributed by atoms with Gasteiger partial charge in [-0.3, -0.25) is 0 Å². The van der Waals surface area contributed by atoms with Crippen LogP contribution in [0.15, 0.2) is 48.5 Å². The van der Waals surface area contributed by atoms with Crippen molar-refractivity contribution in [1.29, 1.82) is 0 Å². The highest BCUT2D eigenvalue weighted by atomic mass is 127. The second-order valence-electron chi connectivity index (χ2n) is 3.87. The Bertz CT molecular complexity index is 684. The van der Waals surface area contributed by atoms with E-state index in [-0.39, 0.29) is 32.8 Å². The van der Waals surface area contributed by atoms with Crippen molar-refractivity contribution in [2.75, 3.05) is 0 Å². The summed E-state index contributed by atoms with van der Waals surface area (Å²) in [4.78, 5) is 0. The van der Waals surface area contributed by atoms with Gasteiger partial charge in [0.25, 0.3) is 0 Å². The molecule has 0 aromatic heterocycles. The minimum atomic E-state index is -6.09. The fourth-order valence-electron chi connectivity index (χ4n) is 1.11. The Kier molecular flexibility index (Phi) is 6.89. The fourth-order valence-corrected chi connectivity index (χ4v) is 3.27. The summed E-state index contributed by atoms with van der Waals surface area (Å²) in [6.07, 6.45) is 0. The van der Waals surface area contributed by atoms with E-state index in [1.807, 2.05) is 0 Å². The zero-order valence-electron chi connectivity index (χ0n) is 11.0. The highest BCUT2D eigenvalue weighted by Gasteiger charge is 2.36. The Balaban J connectivity index is 0.000000284. The number of halogens is 6. The van der Waals surface area contributed by atoms with Crippen LogP contribution in [-0.4, -0.2) is 18.5 Å². The Morgan fingerprint density at radius 2 is 1.04 bits per heavy atom. The molecule has 23 heavy (non-hydrogen) atoms. The van der Waals surface area contributed by atoms with Gasteiger partial charge in [-0.25, -0.2) is 17.2 Å². The highest BCUT2D eigenvalue weighted by Crippen LogP contribution is 2.20. The molecule has 0 spiro atoms. The Hall–Kier alpha value is -1.27. The molecule has 10 heteroatoms. The molecule has 0 fully saturated rings. The van der Waals surface area contributed by atoms with Gasteiger partial charge in [0.15, 0.2) is 17.3 Å². The summed E-state index contributed by atoms with van der Waals surface area (Å²) in [6, 6.07) is 13.0. The summed E-state index contributed by atoms with van der Waals surface area (Å²) in [5.74, 6) is -0.441. The zero-order chi connectivity index (χ0) is 17.7. The van der Waals surface area contributed by atoms with Crippen LogP contribution in [0.2, 0.25) is 0 Å². The molecule has 0 atom stereocenters. The van der Waals surface area contributed by atoms with E-state index in [1.165, 1.54) is 24.3 Å². The molecular formula is C13H8F5IO3S. The average molecular weight is 466 g/mol. The number of rotatable bonds is 2. The van der Waals surface area contributed by atoms with Crippen molar-refractivity contribution in [3.8, 4) is 0 Å². The van der Waals surface area contributed by atoms with Gasteiger partial charge in [0.2, 0.25) is 0 Å². The smallest absolute Gasteiger partial charge is 0.485 e.